The Balaban J connectivity index is 2.03. The number of hydrogen-bond donors (Lipinski definition) is 0. The van der Waals surface area contributed by atoms with Crippen molar-refractivity contribution in [1.82, 2.24) is 4.90 Å². The van der Waals surface area contributed by atoms with Crippen LogP contribution in [0.4, 0.5) is 4.39 Å². The molecule has 1 fully saturated rings. The monoisotopic (exact) mass is 323 g/mol. The Morgan fingerprint density at radius 3 is 2.87 bits per heavy atom. The number of hydrogen-bond acceptors (Lipinski definition) is 4. The number of esters is 1. The molecule has 1 heterocycles. The average molecular weight is 323 g/mol. The van der Waals surface area contributed by atoms with Gasteiger partial charge in [-0.05, 0) is 38.0 Å². The molecule has 1 atom stereocenters. The van der Waals surface area contributed by atoms with Crippen LogP contribution in [0.25, 0.3) is 0 Å². The van der Waals surface area contributed by atoms with E-state index in [4.69, 9.17) is 9.47 Å². The molecule has 0 saturated carbocycles. The third-order valence-corrected chi connectivity index (χ3v) is 3.98. The Hall–Kier alpha value is -2.11. The van der Waals surface area contributed by atoms with Crippen LogP contribution in [0.3, 0.4) is 0 Å². The van der Waals surface area contributed by atoms with E-state index >= 15 is 0 Å². The quantitative estimate of drug-likeness (QED) is 0.780. The number of piperidine rings is 1. The van der Waals surface area contributed by atoms with Gasteiger partial charge in [-0.3, -0.25) is 9.59 Å². The zero-order valence-electron chi connectivity index (χ0n) is 13.5. The molecule has 23 heavy (non-hydrogen) atoms. The number of rotatable bonds is 5. The van der Waals surface area contributed by atoms with Crippen LogP contribution in [0, 0.1) is 11.7 Å². The molecule has 1 aromatic carbocycles. The van der Waals surface area contributed by atoms with Gasteiger partial charge in [0.25, 0.3) is 0 Å². The molecule has 6 heteroatoms. The smallest absolute Gasteiger partial charge is 0.310 e. The van der Waals surface area contributed by atoms with E-state index in [1.54, 1.807) is 11.8 Å². The van der Waals surface area contributed by atoms with Crippen LogP contribution in [0.15, 0.2) is 18.2 Å². The Labute approximate surface area is 135 Å². The van der Waals surface area contributed by atoms with E-state index in [0.29, 0.717) is 31.0 Å². The van der Waals surface area contributed by atoms with Crippen molar-refractivity contribution in [1.29, 1.82) is 0 Å². The van der Waals surface area contributed by atoms with Gasteiger partial charge in [0, 0.05) is 18.7 Å². The van der Waals surface area contributed by atoms with Gasteiger partial charge in [0.1, 0.15) is 11.6 Å². The van der Waals surface area contributed by atoms with Gasteiger partial charge in [0.15, 0.2) is 0 Å². The van der Waals surface area contributed by atoms with Gasteiger partial charge in [0.05, 0.1) is 26.1 Å². The molecule has 5 nitrogen and oxygen atoms in total. The van der Waals surface area contributed by atoms with E-state index in [0.717, 1.165) is 12.8 Å². The van der Waals surface area contributed by atoms with E-state index in [-0.39, 0.29) is 24.2 Å². The number of carbonyl (C=O) groups excluding carboxylic acids is 2. The summed E-state index contributed by atoms with van der Waals surface area (Å²) < 4.78 is 23.6. The number of methoxy groups -OCH3 is 1. The zero-order valence-corrected chi connectivity index (χ0v) is 13.5. The highest BCUT2D eigenvalue weighted by Gasteiger charge is 2.29. The lowest BCUT2D eigenvalue weighted by atomic mass is 9.97. The summed E-state index contributed by atoms with van der Waals surface area (Å²) in [4.78, 5) is 26.0. The fourth-order valence-corrected chi connectivity index (χ4v) is 2.82. The first kappa shape index (κ1) is 17.2. The maximum absolute atomic E-state index is 13.4. The van der Waals surface area contributed by atoms with Gasteiger partial charge in [0.2, 0.25) is 5.91 Å². The van der Waals surface area contributed by atoms with E-state index in [9.17, 15) is 14.0 Å². The fraction of sp³-hybridized carbons (Fsp3) is 0.529. The van der Waals surface area contributed by atoms with Crippen molar-refractivity contribution >= 4 is 11.9 Å². The first-order chi connectivity index (χ1) is 11.0. The second-order valence-corrected chi connectivity index (χ2v) is 5.56. The summed E-state index contributed by atoms with van der Waals surface area (Å²) in [5.41, 5.74) is 0.510. The average Bonchev–Trinajstić information content (AvgIpc) is 2.55. The van der Waals surface area contributed by atoms with E-state index in [1.165, 1.54) is 25.3 Å². The van der Waals surface area contributed by atoms with E-state index in [1.807, 2.05) is 0 Å². The molecule has 0 spiro atoms. The normalized spacial score (nSPS) is 17.7. The number of amides is 1. The Morgan fingerprint density at radius 1 is 1.39 bits per heavy atom. The van der Waals surface area contributed by atoms with Crippen LogP contribution >= 0.6 is 0 Å². The van der Waals surface area contributed by atoms with Crippen molar-refractivity contribution < 1.29 is 23.5 Å². The first-order valence-corrected chi connectivity index (χ1v) is 7.82. The minimum atomic E-state index is -0.406. The molecule has 1 aromatic rings. The van der Waals surface area contributed by atoms with Gasteiger partial charge in [-0.25, -0.2) is 4.39 Å². The predicted molar refractivity (Wildman–Crippen MR) is 82.6 cm³/mol. The number of ether oxygens (including phenoxy) is 2. The molecular formula is C17H22FNO4. The molecule has 0 radical (unpaired) electrons. The van der Waals surface area contributed by atoms with Gasteiger partial charge in [-0.1, -0.05) is 0 Å². The van der Waals surface area contributed by atoms with Crippen molar-refractivity contribution in [2.75, 3.05) is 26.8 Å². The van der Waals surface area contributed by atoms with Crippen LogP contribution in [0.2, 0.25) is 0 Å². The number of nitrogens with zero attached hydrogens (tertiary/aromatic N) is 1. The fourth-order valence-electron chi connectivity index (χ4n) is 2.82. The summed E-state index contributed by atoms with van der Waals surface area (Å²) in [6, 6.07) is 4.11. The van der Waals surface area contributed by atoms with Crippen LogP contribution in [0.1, 0.15) is 25.3 Å². The third-order valence-electron chi connectivity index (χ3n) is 3.98. The van der Waals surface area contributed by atoms with Crippen LogP contribution in [-0.4, -0.2) is 43.6 Å². The van der Waals surface area contributed by atoms with Gasteiger partial charge >= 0.3 is 5.97 Å². The first-order valence-electron chi connectivity index (χ1n) is 7.82. The van der Waals surface area contributed by atoms with Gasteiger partial charge < -0.3 is 14.4 Å². The standard InChI is InChI=1S/C17H22FNO4/c1-3-23-17(21)12-5-4-8-19(11-12)16(20)10-13-9-14(18)6-7-15(13)22-2/h6-7,9,12H,3-5,8,10-11H2,1-2H3. The molecule has 0 N–H and O–H groups in total. The summed E-state index contributed by atoms with van der Waals surface area (Å²) in [5, 5.41) is 0. The highest BCUT2D eigenvalue weighted by molar-refractivity contribution is 5.81. The van der Waals surface area contributed by atoms with Crippen LogP contribution in [-0.2, 0) is 20.7 Å². The molecule has 0 bridgehead atoms. The molecule has 1 aliphatic rings. The van der Waals surface area contributed by atoms with Gasteiger partial charge in [-0.15, -0.1) is 0 Å². The highest BCUT2D eigenvalue weighted by Crippen LogP contribution is 2.23. The number of benzene rings is 1. The molecule has 1 aliphatic heterocycles. The minimum Gasteiger partial charge on any atom is -0.496 e. The number of halogens is 1. The van der Waals surface area contributed by atoms with Crippen molar-refractivity contribution in [3.63, 3.8) is 0 Å². The Kier molecular flexibility index (Phi) is 5.96. The lowest BCUT2D eigenvalue weighted by molar-refractivity contribution is -0.151. The van der Waals surface area contributed by atoms with Crippen LogP contribution in [0.5, 0.6) is 5.75 Å². The molecular weight excluding hydrogens is 301 g/mol. The van der Waals surface area contributed by atoms with E-state index in [2.05, 4.69) is 0 Å². The lowest BCUT2D eigenvalue weighted by Crippen LogP contribution is -2.43. The minimum absolute atomic E-state index is 0.0521. The SMILES string of the molecule is CCOC(=O)C1CCCN(C(=O)Cc2cc(F)ccc2OC)C1. The van der Waals surface area contributed by atoms with Crippen molar-refractivity contribution in [2.45, 2.75) is 26.2 Å². The zero-order chi connectivity index (χ0) is 16.8. The maximum atomic E-state index is 13.4. The Bertz CT molecular complexity index is 576. The third kappa shape index (κ3) is 4.43. The van der Waals surface area contributed by atoms with Crippen LogP contribution < -0.4 is 4.74 Å². The number of carbonyl (C=O) groups is 2. The summed E-state index contributed by atoms with van der Waals surface area (Å²) in [5.74, 6) is -0.589. The maximum Gasteiger partial charge on any atom is 0.310 e. The second kappa shape index (κ2) is 7.94. The lowest BCUT2D eigenvalue weighted by Gasteiger charge is -2.31. The Morgan fingerprint density at radius 2 is 2.17 bits per heavy atom. The highest BCUT2D eigenvalue weighted by atomic mass is 19.1. The van der Waals surface area contributed by atoms with Crippen molar-refractivity contribution in [3.8, 4) is 5.75 Å². The molecule has 0 aromatic heterocycles. The van der Waals surface area contributed by atoms with Gasteiger partial charge in [-0.2, -0.15) is 0 Å². The van der Waals surface area contributed by atoms with Crippen molar-refractivity contribution in [3.05, 3.63) is 29.6 Å². The molecule has 126 valence electrons. The van der Waals surface area contributed by atoms with E-state index < -0.39 is 5.82 Å². The molecule has 1 amide bonds. The van der Waals surface area contributed by atoms with Crippen molar-refractivity contribution in [2.24, 2.45) is 5.92 Å². The molecule has 1 saturated heterocycles. The largest absolute Gasteiger partial charge is 0.496 e. The molecule has 0 aliphatic carbocycles. The topological polar surface area (TPSA) is 55.8 Å². The summed E-state index contributed by atoms with van der Waals surface area (Å²) in [7, 11) is 1.49. The summed E-state index contributed by atoms with van der Waals surface area (Å²) in [6.45, 7) is 3.06. The molecule has 2 rings (SSSR count). The summed E-state index contributed by atoms with van der Waals surface area (Å²) in [6.07, 6.45) is 1.54. The predicted octanol–water partition coefficient (Wildman–Crippen LogP) is 2.18. The summed E-state index contributed by atoms with van der Waals surface area (Å²) >= 11 is 0. The molecule has 1 unspecified atom stereocenters. The number of likely N-dealkylation sites (tertiary alicyclic amines) is 1. The second-order valence-electron chi connectivity index (χ2n) is 5.56.